The number of carbonyl (C=O) groups excluding carboxylic acids is 2. The summed E-state index contributed by atoms with van der Waals surface area (Å²) in [6.07, 6.45) is 0.989. The lowest BCUT2D eigenvalue weighted by atomic mass is 9.81. The van der Waals surface area contributed by atoms with Gasteiger partial charge in [-0.2, -0.15) is 0 Å². The van der Waals surface area contributed by atoms with Gasteiger partial charge in [-0.05, 0) is 65.1 Å². The molecule has 29 heavy (non-hydrogen) atoms. The van der Waals surface area contributed by atoms with E-state index in [2.05, 4.69) is 43.8 Å². The first-order valence-electron chi connectivity index (χ1n) is 8.47. The number of rotatable bonds is 6. The number of halogens is 2. The maximum Gasteiger partial charge on any atom is 0.412 e. The predicted molar refractivity (Wildman–Crippen MR) is 121 cm³/mol. The molecule has 0 fully saturated rings. The minimum atomic E-state index is -0.921. The highest BCUT2D eigenvalue weighted by Gasteiger charge is 2.34. The number of amides is 2. The molecule has 0 radical (unpaired) electrons. The van der Waals surface area contributed by atoms with Gasteiger partial charge in [0.1, 0.15) is 11.9 Å². The van der Waals surface area contributed by atoms with Crippen LogP contribution in [0.2, 0.25) is 0 Å². The second-order valence-electron chi connectivity index (χ2n) is 6.75. The molecule has 7 nitrogen and oxygen atoms in total. The van der Waals surface area contributed by atoms with E-state index in [4.69, 9.17) is 9.94 Å². The van der Waals surface area contributed by atoms with Crippen LogP contribution >= 0.6 is 38.5 Å². The zero-order valence-electron chi connectivity index (χ0n) is 15.6. The molecule has 1 atom stereocenters. The molecule has 2 aromatic rings. The molecular weight excluding hydrogens is 555 g/mol. The Bertz CT molecular complexity index is 916. The van der Waals surface area contributed by atoms with Crippen LogP contribution < -0.4 is 10.8 Å². The highest BCUT2D eigenvalue weighted by molar-refractivity contribution is 14.1. The van der Waals surface area contributed by atoms with E-state index in [1.807, 2.05) is 0 Å². The van der Waals surface area contributed by atoms with Crippen LogP contribution in [0.4, 0.5) is 10.5 Å². The van der Waals surface area contributed by atoms with Crippen molar-refractivity contribution < 1.29 is 24.6 Å². The number of phenols is 1. The molecule has 0 saturated heterocycles. The summed E-state index contributed by atoms with van der Waals surface area (Å²) in [5, 5.41) is 21.7. The van der Waals surface area contributed by atoms with Gasteiger partial charge in [0.25, 0.3) is 5.91 Å². The van der Waals surface area contributed by atoms with Crippen LogP contribution in [0.1, 0.15) is 25.5 Å². The quantitative estimate of drug-likeness (QED) is 0.165. The third-order valence-electron chi connectivity index (χ3n) is 4.04. The summed E-state index contributed by atoms with van der Waals surface area (Å²) in [5.74, 6) is -0.761. The first kappa shape index (κ1) is 23.2. The third kappa shape index (κ3) is 6.72. The third-order valence-corrected chi connectivity index (χ3v) is 5.24. The predicted octanol–water partition coefficient (Wildman–Crippen LogP) is 5.14. The number of ether oxygens (including phenoxy) is 1. The zero-order chi connectivity index (χ0) is 21.6. The molecule has 2 amide bonds. The molecule has 0 aromatic heterocycles. The summed E-state index contributed by atoms with van der Waals surface area (Å²) in [5.41, 5.74) is 1.55. The summed E-state index contributed by atoms with van der Waals surface area (Å²) in [4.78, 5) is 24.0. The average molecular weight is 575 g/mol. The van der Waals surface area contributed by atoms with Gasteiger partial charge >= 0.3 is 6.09 Å². The van der Waals surface area contributed by atoms with Crippen molar-refractivity contribution in [1.82, 2.24) is 5.48 Å². The van der Waals surface area contributed by atoms with Crippen molar-refractivity contribution in [3.8, 4) is 5.75 Å². The van der Waals surface area contributed by atoms with Crippen LogP contribution in [0.5, 0.6) is 5.75 Å². The van der Waals surface area contributed by atoms with Crippen LogP contribution in [0, 0.1) is 8.99 Å². The van der Waals surface area contributed by atoms with E-state index in [9.17, 15) is 14.7 Å². The number of carbonyl (C=O) groups is 2. The van der Waals surface area contributed by atoms with Crippen molar-refractivity contribution in [2.75, 3.05) is 5.32 Å². The number of hydrogen-bond acceptors (Lipinski definition) is 5. The number of benzene rings is 2. The minimum Gasteiger partial charge on any atom is -0.508 e. The fraction of sp³-hybridized carbons (Fsp3) is 0.200. The fourth-order valence-corrected chi connectivity index (χ4v) is 3.33. The molecule has 2 aromatic carbocycles. The second-order valence-corrected chi connectivity index (χ2v) is 8.91. The Morgan fingerprint density at radius 1 is 1.21 bits per heavy atom. The first-order chi connectivity index (χ1) is 13.6. The van der Waals surface area contributed by atoms with Crippen LogP contribution in [0.25, 0.3) is 0 Å². The van der Waals surface area contributed by atoms with Crippen molar-refractivity contribution >= 4 is 56.2 Å². The minimum absolute atomic E-state index is 0.0417. The van der Waals surface area contributed by atoms with Crippen LogP contribution in [0.15, 0.2) is 59.1 Å². The molecule has 9 heteroatoms. The maximum absolute atomic E-state index is 12.5. The molecule has 4 N–H and O–H groups in total. The largest absolute Gasteiger partial charge is 0.508 e. The van der Waals surface area contributed by atoms with Gasteiger partial charge in [0.2, 0.25) is 0 Å². The van der Waals surface area contributed by atoms with E-state index in [0.717, 1.165) is 14.1 Å². The SMILES string of the molecule is CC(C)(/C=C/C(=O)NO)[C@H](OC(=O)Nc1ccc(Br)cc1)c1cc(I)ccc1O. The summed E-state index contributed by atoms with van der Waals surface area (Å²) in [6.45, 7) is 3.48. The molecular formula is C20H20BrIN2O5. The van der Waals surface area contributed by atoms with Gasteiger partial charge in [0.05, 0.1) is 0 Å². The summed E-state index contributed by atoms with van der Waals surface area (Å²) >= 11 is 5.42. The summed E-state index contributed by atoms with van der Waals surface area (Å²) < 4.78 is 7.37. The Morgan fingerprint density at radius 3 is 2.48 bits per heavy atom. The van der Waals surface area contributed by atoms with Gasteiger partial charge < -0.3 is 9.84 Å². The van der Waals surface area contributed by atoms with Crippen molar-refractivity contribution in [3.05, 3.63) is 68.2 Å². The Morgan fingerprint density at radius 2 is 1.86 bits per heavy atom. The molecule has 0 heterocycles. The normalized spacial score (nSPS) is 12.4. The van der Waals surface area contributed by atoms with Crippen LogP contribution in [0.3, 0.4) is 0 Å². The number of phenolic OH excluding ortho intramolecular Hbond substituents is 1. The zero-order valence-corrected chi connectivity index (χ0v) is 19.4. The van der Waals surface area contributed by atoms with Gasteiger partial charge in [-0.15, -0.1) is 0 Å². The molecule has 154 valence electrons. The first-order valence-corrected chi connectivity index (χ1v) is 10.3. The van der Waals surface area contributed by atoms with Crippen molar-refractivity contribution in [2.45, 2.75) is 20.0 Å². The Labute approximate surface area is 190 Å². The summed E-state index contributed by atoms with van der Waals surface area (Å²) in [6, 6.07) is 11.9. The van der Waals surface area contributed by atoms with Crippen LogP contribution in [-0.4, -0.2) is 22.3 Å². The highest BCUT2D eigenvalue weighted by Crippen LogP contribution is 2.42. The summed E-state index contributed by atoms with van der Waals surface area (Å²) in [7, 11) is 0. The van der Waals surface area contributed by atoms with E-state index in [-0.39, 0.29) is 5.75 Å². The van der Waals surface area contributed by atoms with Gasteiger partial charge in [0, 0.05) is 30.8 Å². The molecule has 0 unspecified atom stereocenters. The van der Waals surface area contributed by atoms with E-state index in [1.165, 1.54) is 17.6 Å². The van der Waals surface area contributed by atoms with Crippen molar-refractivity contribution in [2.24, 2.45) is 5.41 Å². The van der Waals surface area contributed by atoms with E-state index in [1.54, 1.807) is 50.2 Å². The van der Waals surface area contributed by atoms with Gasteiger partial charge in [0.15, 0.2) is 0 Å². The Balaban J connectivity index is 2.34. The van der Waals surface area contributed by atoms with Gasteiger partial charge in [-0.1, -0.05) is 35.9 Å². The van der Waals surface area contributed by atoms with Gasteiger partial charge in [-0.3, -0.25) is 15.3 Å². The van der Waals surface area contributed by atoms with Crippen molar-refractivity contribution in [3.63, 3.8) is 0 Å². The second kappa shape index (κ2) is 10.1. The molecule has 0 aliphatic heterocycles. The highest BCUT2D eigenvalue weighted by atomic mass is 127. The molecule has 0 saturated carbocycles. The number of nitrogens with one attached hydrogen (secondary N) is 2. The fourth-order valence-electron chi connectivity index (χ4n) is 2.55. The smallest absolute Gasteiger partial charge is 0.412 e. The lowest BCUT2D eigenvalue weighted by molar-refractivity contribution is -0.124. The monoisotopic (exact) mass is 574 g/mol. The number of hydrogen-bond donors (Lipinski definition) is 4. The van der Waals surface area contributed by atoms with Crippen LogP contribution in [-0.2, 0) is 9.53 Å². The molecule has 2 rings (SSSR count). The molecule has 0 bridgehead atoms. The lowest BCUT2D eigenvalue weighted by Crippen LogP contribution is -2.28. The Hall–Kier alpha value is -2.11. The van der Waals surface area contributed by atoms with E-state index >= 15 is 0 Å². The van der Waals surface area contributed by atoms with Crippen molar-refractivity contribution in [1.29, 1.82) is 0 Å². The average Bonchev–Trinajstić information content (AvgIpc) is 2.68. The lowest BCUT2D eigenvalue weighted by Gasteiger charge is -2.32. The molecule has 0 aliphatic carbocycles. The number of aromatic hydroxyl groups is 1. The number of hydroxylamine groups is 1. The number of anilines is 1. The molecule has 0 aliphatic rings. The van der Waals surface area contributed by atoms with E-state index < -0.39 is 23.5 Å². The standard InChI is InChI=1S/C20H20BrIN2O5/c1-20(2,10-9-17(26)24-28)18(15-11-13(22)5-8-16(15)25)29-19(27)23-14-6-3-12(21)4-7-14/h3-11,18,25,28H,1-2H3,(H,23,27)(H,24,26)/b10-9+/t18-/m1/s1. The van der Waals surface area contributed by atoms with E-state index in [0.29, 0.717) is 11.3 Å². The topological polar surface area (TPSA) is 108 Å². The maximum atomic E-state index is 12.5. The van der Waals surface area contributed by atoms with Gasteiger partial charge in [-0.25, -0.2) is 10.3 Å². The molecule has 0 spiro atoms. The Kier molecular flexibility index (Phi) is 8.05.